The number of hydrogen-bond donors (Lipinski definition) is 0. The molecule has 6 unspecified atom stereocenters. The maximum absolute atomic E-state index is 12.0. The molecule has 0 saturated carbocycles. The molecule has 0 radical (unpaired) electrons. The van der Waals surface area contributed by atoms with Gasteiger partial charge < -0.3 is 0 Å². The van der Waals surface area contributed by atoms with Crippen LogP contribution in [0.2, 0.25) is 38.5 Å². The molecule has 15 heavy (non-hydrogen) atoms. The van der Waals surface area contributed by atoms with E-state index in [1.54, 1.807) is 0 Å². The van der Waals surface area contributed by atoms with Crippen molar-refractivity contribution < 1.29 is 15.6 Å². The molecule has 10 saturated heterocycles. The molecule has 10 aliphatic rings. The Balaban J connectivity index is 1.98. The SMILES string of the molecule is O=[PH2][C]12[CH]3[CH]4[CH]5[C]1([PH2]=O)[Fe]43521678[CH]2[CH]1[CH]6[CH]7[CH]28. The second kappa shape index (κ2) is 0.415. The second-order valence-corrected chi connectivity index (χ2v) is 36.8. The molecule has 5 heteroatoms. The van der Waals surface area contributed by atoms with E-state index in [1.165, 1.54) is 28.9 Å². The van der Waals surface area contributed by atoms with Gasteiger partial charge in [-0.15, -0.1) is 0 Å². The van der Waals surface area contributed by atoms with Gasteiger partial charge in [-0.3, -0.25) is 0 Å². The van der Waals surface area contributed by atoms with Gasteiger partial charge in [0, 0.05) is 0 Å². The molecule has 0 amide bonds. The minimum atomic E-state index is -3.27. The van der Waals surface area contributed by atoms with Crippen LogP contribution < -0.4 is 0 Å². The summed E-state index contributed by atoms with van der Waals surface area (Å²) in [6.45, 7) is -3.27. The standard InChI is InChI=1S/C5H7O2P2.C5H5.Fe/c6-8-4-2-1-3-5(4)9-7;1-2-4-5-3-1;/h1-3H,8-9H2;1-5H;. The summed E-state index contributed by atoms with van der Waals surface area (Å²) in [6, 6.07) is 0. The van der Waals surface area contributed by atoms with E-state index in [-0.39, 0.29) is 0 Å². The molecule has 10 fully saturated rings. The fourth-order valence-corrected chi connectivity index (χ4v) is 118. The van der Waals surface area contributed by atoms with E-state index in [4.69, 9.17) is 0 Å². The fraction of sp³-hybridized carbons (Fsp3) is 1.00. The average Bonchev–Trinajstić information content (AvgIpc) is 3.21. The molecule has 0 aromatic carbocycles. The van der Waals surface area contributed by atoms with Crippen LogP contribution in [0, 0.1) is 0 Å². The van der Waals surface area contributed by atoms with E-state index in [9.17, 15) is 9.13 Å². The van der Waals surface area contributed by atoms with Crippen LogP contribution in [-0.4, -0.2) is 8.11 Å². The zero-order valence-corrected chi connectivity index (χ0v) is 11.4. The summed E-state index contributed by atoms with van der Waals surface area (Å²) in [4.78, 5) is 9.21. The predicted molar refractivity (Wildman–Crippen MR) is 56.3 cm³/mol. The Kier molecular flexibility index (Phi) is 0.159. The summed E-state index contributed by atoms with van der Waals surface area (Å²) in [6.07, 6.45) is 0. The van der Waals surface area contributed by atoms with E-state index in [1.807, 2.05) is 0 Å². The van der Waals surface area contributed by atoms with Crippen LogP contribution in [-0.2, 0) is 15.6 Å². The third-order valence-electron chi connectivity index (χ3n) is 15.5. The summed E-state index contributed by atoms with van der Waals surface area (Å²) in [5, 5.41) is 0. The van der Waals surface area contributed by atoms with Gasteiger partial charge in [0.25, 0.3) is 0 Å². The monoisotopic (exact) mass is 282 g/mol. The Morgan fingerprint density at radius 2 is 1.13 bits per heavy atom. The summed E-state index contributed by atoms with van der Waals surface area (Å²) in [5.41, 5.74) is 0. The molecular formula is C10H12FeO2P2. The van der Waals surface area contributed by atoms with Crippen molar-refractivity contribution in [2.24, 2.45) is 0 Å². The molecule has 6 atom stereocenters. The van der Waals surface area contributed by atoms with Crippen molar-refractivity contribution in [3.8, 4) is 0 Å². The van der Waals surface area contributed by atoms with E-state index in [0.29, 0.717) is 8.11 Å². The Morgan fingerprint density at radius 3 is 1.27 bits per heavy atom. The topological polar surface area (TPSA) is 34.1 Å². The van der Waals surface area contributed by atoms with Crippen LogP contribution in [0.1, 0.15) is 0 Å². The van der Waals surface area contributed by atoms with Crippen LogP contribution in [0.4, 0.5) is 0 Å². The summed E-state index contributed by atoms with van der Waals surface area (Å²) in [5.74, 6) is 0. The molecule has 82 valence electrons. The Labute approximate surface area is 79.2 Å². The van der Waals surface area contributed by atoms with Crippen molar-refractivity contribution in [2.75, 3.05) is 0 Å². The van der Waals surface area contributed by atoms with Gasteiger partial charge >= 0.3 is 79.2 Å². The predicted octanol–water partition coefficient (Wildman–Crippen LogP) is 2.70. The molecule has 0 aromatic heterocycles. The number of fused-ring (bicyclic) bond motifs is 10. The molecule has 0 bridgehead atoms. The molecule has 10 heterocycles. The van der Waals surface area contributed by atoms with Crippen molar-refractivity contribution in [3.05, 3.63) is 0 Å². The van der Waals surface area contributed by atoms with Gasteiger partial charge in [0.2, 0.25) is 0 Å². The molecule has 2 nitrogen and oxygen atoms in total. The van der Waals surface area contributed by atoms with E-state index < -0.39 is 23.4 Å². The first kappa shape index (κ1) is 5.75. The zero-order chi connectivity index (χ0) is 9.35. The van der Waals surface area contributed by atoms with Gasteiger partial charge in [-0.1, -0.05) is 0 Å². The Hall–Kier alpha value is 0.979. The minimum absolute atomic E-state index is 0.434. The maximum atomic E-state index is 12.0. The molecule has 0 aromatic rings. The first-order valence-corrected chi connectivity index (χ1v) is 14.5. The second-order valence-electron chi connectivity index (χ2n) is 10.1. The molecule has 0 aliphatic carbocycles. The van der Waals surface area contributed by atoms with Gasteiger partial charge in [-0.2, -0.15) is 0 Å². The van der Waals surface area contributed by atoms with Gasteiger partial charge in [0.05, 0.1) is 0 Å². The zero-order valence-electron chi connectivity index (χ0n) is 7.94. The summed E-state index contributed by atoms with van der Waals surface area (Å²) in [7, 11) is -1.10. The first-order chi connectivity index (χ1) is 7.06. The van der Waals surface area contributed by atoms with Crippen molar-refractivity contribution in [2.45, 2.75) is 46.6 Å². The van der Waals surface area contributed by atoms with Gasteiger partial charge in [0.15, 0.2) is 0 Å². The third kappa shape index (κ3) is 0.0461. The van der Waals surface area contributed by atoms with Gasteiger partial charge in [0.1, 0.15) is 0 Å². The van der Waals surface area contributed by atoms with E-state index in [0.717, 1.165) is 9.63 Å². The Morgan fingerprint density at radius 1 is 0.733 bits per heavy atom. The fourth-order valence-electron chi connectivity index (χ4n) is 17.5. The molecule has 10 aliphatic heterocycles. The molecule has 0 N–H and O–H groups in total. The van der Waals surface area contributed by atoms with E-state index in [2.05, 4.69) is 0 Å². The van der Waals surface area contributed by atoms with Crippen LogP contribution in [0.3, 0.4) is 0 Å². The third-order valence-corrected chi connectivity index (χ3v) is 71.4. The summed E-state index contributed by atoms with van der Waals surface area (Å²) < 4.78 is 25.0. The number of hydrogen-bond acceptors (Lipinski definition) is 2. The van der Waals surface area contributed by atoms with Crippen molar-refractivity contribution in [1.82, 2.24) is 0 Å². The van der Waals surface area contributed by atoms with Crippen LogP contribution in [0.15, 0.2) is 0 Å². The Bertz CT molecular complexity index is 915. The van der Waals surface area contributed by atoms with Crippen molar-refractivity contribution in [1.29, 1.82) is 0 Å². The molecular weight excluding hydrogens is 270 g/mol. The quantitative estimate of drug-likeness (QED) is 0.576. The van der Waals surface area contributed by atoms with Crippen LogP contribution >= 0.6 is 16.9 Å². The molecule has 1 spiro atoms. The van der Waals surface area contributed by atoms with E-state index >= 15 is 0 Å². The van der Waals surface area contributed by atoms with Crippen molar-refractivity contribution >= 4 is 16.9 Å². The van der Waals surface area contributed by atoms with Crippen molar-refractivity contribution in [3.63, 3.8) is 0 Å². The van der Waals surface area contributed by atoms with Crippen LogP contribution in [0.5, 0.6) is 0 Å². The average molecular weight is 282 g/mol. The molecule has 10 rings (SSSR count). The normalized spacial score (nSPS) is 140. The summed E-state index contributed by atoms with van der Waals surface area (Å²) >= 11 is 0. The van der Waals surface area contributed by atoms with Gasteiger partial charge in [-0.05, 0) is 0 Å². The van der Waals surface area contributed by atoms with Crippen LogP contribution in [0.25, 0.3) is 0 Å². The van der Waals surface area contributed by atoms with Gasteiger partial charge in [-0.25, -0.2) is 0 Å². The number of rotatable bonds is 2. The first-order valence-electron chi connectivity index (χ1n) is 6.20.